The van der Waals surface area contributed by atoms with Crippen molar-refractivity contribution in [1.82, 2.24) is 4.98 Å². The second-order valence-corrected chi connectivity index (χ2v) is 5.40. The number of benzene rings is 1. The molecular formula is C17H20N2O2. The molecule has 0 saturated carbocycles. The van der Waals surface area contributed by atoms with E-state index in [1.54, 1.807) is 7.11 Å². The summed E-state index contributed by atoms with van der Waals surface area (Å²) < 4.78 is 11.2. The van der Waals surface area contributed by atoms with Crippen molar-refractivity contribution in [2.45, 2.75) is 19.4 Å². The van der Waals surface area contributed by atoms with E-state index in [2.05, 4.69) is 17.1 Å². The number of para-hydroxylation sites is 1. The highest BCUT2D eigenvalue weighted by atomic mass is 16.5. The molecule has 1 atom stereocenters. The lowest BCUT2D eigenvalue weighted by Gasteiger charge is -2.26. The van der Waals surface area contributed by atoms with Crippen LogP contribution < -0.4 is 15.2 Å². The van der Waals surface area contributed by atoms with Gasteiger partial charge in [-0.1, -0.05) is 18.2 Å². The van der Waals surface area contributed by atoms with Crippen LogP contribution in [0.1, 0.15) is 16.8 Å². The first-order valence-corrected chi connectivity index (χ1v) is 7.22. The quantitative estimate of drug-likeness (QED) is 0.936. The summed E-state index contributed by atoms with van der Waals surface area (Å²) in [5, 5.41) is 0. The summed E-state index contributed by atoms with van der Waals surface area (Å²) >= 11 is 0. The number of methoxy groups -OCH3 is 1. The average molecular weight is 284 g/mol. The van der Waals surface area contributed by atoms with Crippen molar-refractivity contribution >= 4 is 0 Å². The zero-order valence-corrected chi connectivity index (χ0v) is 12.2. The van der Waals surface area contributed by atoms with Crippen molar-refractivity contribution < 1.29 is 9.47 Å². The summed E-state index contributed by atoms with van der Waals surface area (Å²) in [4.78, 5) is 4.47. The van der Waals surface area contributed by atoms with Gasteiger partial charge in [0, 0.05) is 24.4 Å². The molecule has 2 heterocycles. The molecule has 0 amide bonds. The van der Waals surface area contributed by atoms with Crippen LogP contribution in [0.5, 0.6) is 11.5 Å². The SMILES string of the molecule is COc1cccc2c1OC[C@H](Cc1ccc(CN)cn1)C2. The molecule has 0 aliphatic carbocycles. The molecule has 1 aromatic carbocycles. The number of hydrogen-bond acceptors (Lipinski definition) is 4. The number of fused-ring (bicyclic) bond motifs is 1. The second-order valence-electron chi connectivity index (χ2n) is 5.40. The van der Waals surface area contributed by atoms with Crippen LogP contribution in [0.3, 0.4) is 0 Å². The molecule has 0 bridgehead atoms. The minimum absolute atomic E-state index is 0.445. The minimum Gasteiger partial charge on any atom is -0.493 e. The maximum atomic E-state index is 5.90. The summed E-state index contributed by atoms with van der Waals surface area (Å²) in [6.07, 6.45) is 3.77. The number of ether oxygens (including phenoxy) is 2. The molecule has 110 valence electrons. The van der Waals surface area contributed by atoms with Gasteiger partial charge in [0.25, 0.3) is 0 Å². The number of pyridine rings is 1. The van der Waals surface area contributed by atoms with Crippen molar-refractivity contribution in [3.63, 3.8) is 0 Å². The fourth-order valence-electron chi connectivity index (χ4n) is 2.74. The standard InChI is InChI=1S/C17H20N2O2/c1-20-16-4-2-3-14-7-13(11-21-17(14)16)8-15-6-5-12(9-18)10-19-15/h2-6,10,13H,7-9,11,18H2,1H3/t13-/m0/s1. The topological polar surface area (TPSA) is 57.4 Å². The number of nitrogens with two attached hydrogens (primary N) is 1. The van der Waals surface area contributed by atoms with Crippen molar-refractivity contribution in [3.05, 3.63) is 53.3 Å². The van der Waals surface area contributed by atoms with Crippen molar-refractivity contribution in [2.75, 3.05) is 13.7 Å². The number of aromatic nitrogens is 1. The van der Waals surface area contributed by atoms with Gasteiger partial charge in [0.15, 0.2) is 11.5 Å². The molecule has 0 radical (unpaired) electrons. The molecule has 21 heavy (non-hydrogen) atoms. The van der Waals surface area contributed by atoms with Crippen LogP contribution in [0.4, 0.5) is 0 Å². The maximum Gasteiger partial charge on any atom is 0.164 e. The van der Waals surface area contributed by atoms with Crippen LogP contribution in [0, 0.1) is 5.92 Å². The molecule has 0 spiro atoms. The third kappa shape index (κ3) is 3.00. The molecule has 4 nitrogen and oxygen atoms in total. The van der Waals surface area contributed by atoms with Crippen LogP contribution in [0.2, 0.25) is 0 Å². The van der Waals surface area contributed by atoms with Gasteiger partial charge in [-0.15, -0.1) is 0 Å². The van der Waals surface area contributed by atoms with Gasteiger partial charge in [0.2, 0.25) is 0 Å². The van der Waals surface area contributed by atoms with Gasteiger partial charge in [0.1, 0.15) is 0 Å². The second kappa shape index (κ2) is 6.14. The Morgan fingerprint density at radius 1 is 1.33 bits per heavy atom. The van der Waals surface area contributed by atoms with Gasteiger partial charge in [-0.3, -0.25) is 4.98 Å². The summed E-state index contributed by atoms with van der Waals surface area (Å²) in [6, 6.07) is 10.2. The third-order valence-corrected chi connectivity index (χ3v) is 3.87. The van der Waals surface area contributed by atoms with E-state index >= 15 is 0 Å². The summed E-state index contributed by atoms with van der Waals surface area (Å²) in [5.41, 5.74) is 8.96. The highest BCUT2D eigenvalue weighted by molar-refractivity contribution is 5.47. The molecule has 0 saturated heterocycles. The van der Waals surface area contributed by atoms with Crippen LogP contribution in [0.25, 0.3) is 0 Å². The highest BCUT2D eigenvalue weighted by Gasteiger charge is 2.23. The first-order valence-electron chi connectivity index (χ1n) is 7.22. The lowest BCUT2D eigenvalue weighted by atomic mass is 9.92. The lowest BCUT2D eigenvalue weighted by Crippen LogP contribution is -2.23. The Kier molecular flexibility index (Phi) is 4.06. The van der Waals surface area contributed by atoms with E-state index < -0.39 is 0 Å². The molecule has 4 heteroatoms. The molecule has 0 unspecified atom stereocenters. The van der Waals surface area contributed by atoms with E-state index in [1.807, 2.05) is 24.4 Å². The largest absolute Gasteiger partial charge is 0.493 e. The maximum absolute atomic E-state index is 5.90. The Morgan fingerprint density at radius 3 is 2.95 bits per heavy atom. The molecule has 2 N–H and O–H groups in total. The van der Waals surface area contributed by atoms with E-state index in [-0.39, 0.29) is 0 Å². The summed E-state index contributed by atoms with van der Waals surface area (Å²) in [5.74, 6) is 2.15. The number of rotatable bonds is 4. The number of hydrogen-bond donors (Lipinski definition) is 1. The molecular weight excluding hydrogens is 264 g/mol. The zero-order valence-electron chi connectivity index (χ0n) is 12.2. The van der Waals surface area contributed by atoms with Gasteiger partial charge in [-0.05, 0) is 36.1 Å². The van der Waals surface area contributed by atoms with Gasteiger partial charge in [0.05, 0.1) is 13.7 Å². The fraction of sp³-hybridized carbons (Fsp3) is 0.353. The smallest absolute Gasteiger partial charge is 0.164 e. The summed E-state index contributed by atoms with van der Waals surface area (Å²) in [6.45, 7) is 1.24. The highest BCUT2D eigenvalue weighted by Crippen LogP contribution is 2.36. The lowest BCUT2D eigenvalue weighted by molar-refractivity contribution is 0.210. The zero-order chi connectivity index (χ0) is 14.7. The van der Waals surface area contributed by atoms with Crippen LogP contribution >= 0.6 is 0 Å². The van der Waals surface area contributed by atoms with E-state index in [4.69, 9.17) is 15.2 Å². The Bertz CT molecular complexity index is 611. The van der Waals surface area contributed by atoms with Gasteiger partial charge >= 0.3 is 0 Å². The fourth-order valence-corrected chi connectivity index (χ4v) is 2.74. The monoisotopic (exact) mass is 284 g/mol. The molecule has 1 aliphatic heterocycles. The van der Waals surface area contributed by atoms with Gasteiger partial charge in [-0.25, -0.2) is 0 Å². The normalized spacial score (nSPS) is 17.0. The molecule has 2 aromatic rings. The summed E-state index contributed by atoms with van der Waals surface area (Å²) in [7, 11) is 1.67. The van der Waals surface area contributed by atoms with Crippen LogP contribution in [0.15, 0.2) is 36.5 Å². The third-order valence-electron chi connectivity index (χ3n) is 3.87. The predicted octanol–water partition coefficient (Wildman–Crippen LogP) is 2.34. The predicted molar refractivity (Wildman–Crippen MR) is 81.5 cm³/mol. The Hall–Kier alpha value is -2.07. The Morgan fingerprint density at radius 2 is 2.24 bits per heavy atom. The van der Waals surface area contributed by atoms with Crippen molar-refractivity contribution in [1.29, 1.82) is 0 Å². The first-order chi connectivity index (χ1) is 10.3. The van der Waals surface area contributed by atoms with E-state index in [1.165, 1.54) is 5.56 Å². The van der Waals surface area contributed by atoms with Crippen molar-refractivity contribution in [2.24, 2.45) is 11.7 Å². The van der Waals surface area contributed by atoms with E-state index in [0.29, 0.717) is 19.1 Å². The minimum atomic E-state index is 0.445. The Balaban J connectivity index is 1.71. The molecule has 1 aromatic heterocycles. The van der Waals surface area contributed by atoms with Gasteiger partial charge < -0.3 is 15.2 Å². The van der Waals surface area contributed by atoms with E-state index in [9.17, 15) is 0 Å². The van der Waals surface area contributed by atoms with Gasteiger partial charge in [-0.2, -0.15) is 0 Å². The van der Waals surface area contributed by atoms with Crippen LogP contribution in [-0.2, 0) is 19.4 Å². The molecule has 3 rings (SSSR count). The van der Waals surface area contributed by atoms with E-state index in [0.717, 1.165) is 35.6 Å². The Labute approximate surface area is 124 Å². The van der Waals surface area contributed by atoms with Crippen LogP contribution in [-0.4, -0.2) is 18.7 Å². The number of nitrogens with zero attached hydrogens (tertiary/aromatic N) is 1. The first kappa shape index (κ1) is 13.9. The van der Waals surface area contributed by atoms with Crippen molar-refractivity contribution in [3.8, 4) is 11.5 Å². The molecule has 0 fully saturated rings. The average Bonchev–Trinajstić information content (AvgIpc) is 2.54. The molecule has 1 aliphatic rings.